The van der Waals surface area contributed by atoms with Crippen LogP contribution in [-0.2, 0) is 9.47 Å². The molecule has 0 amide bonds. The Morgan fingerprint density at radius 2 is 2.10 bits per heavy atom. The zero-order valence-corrected chi connectivity index (χ0v) is 14.3. The SMILES string of the molecule is CCOCCCC1=CCC[C@@]2(C)CC[C@@H]3C[C@]12OC3(C)C. The highest BCUT2D eigenvalue weighted by Gasteiger charge is 2.64. The van der Waals surface area contributed by atoms with Crippen molar-refractivity contribution in [2.75, 3.05) is 13.2 Å². The van der Waals surface area contributed by atoms with E-state index in [0.717, 1.165) is 32.0 Å². The molecule has 0 radical (unpaired) electrons. The van der Waals surface area contributed by atoms with Gasteiger partial charge in [-0.3, -0.25) is 0 Å². The standard InChI is InChI=1S/C19H32O2/c1-5-20-13-7-9-15-8-6-11-18(4)12-10-16-14-19(15,18)21-17(16,2)3/h8,16H,5-7,9-14H2,1-4H3/t16-,18+,19+/m1/s1. The van der Waals surface area contributed by atoms with Crippen molar-refractivity contribution in [2.45, 2.75) is 83.8 Å². The second-order valence-electron chi connectivity index (χ2n) is 8.10. The first-order valence-electron chi connectivity index (χ1n) is 8.91. The number of ether oxygens (including phenoxy) is 2. The minimum Gasteiger partial charge on any atom is -0.382 e. The van der Waals surface area contributed by atoms with E-state index >= 15 is 0 Å². The summed E-state index contributed by atoms with van der Waals surface area (Å²) in [5.74, 6) is 0.735. The summed E-state index contributed by atoms with van der Waals surface area (Å²) in [5.41, 5.74) is 2.02. The van der Waals surface area contributed by atoms with Gasteiger partial charge in [0.05, 0.1) is 11.2 Å². The molecule has 1 heterocycles. The average Bonchev–Trinajstić information content (AvgIpc) is 2.66. The van der Waals surface area contributed by atoms with Crippen LogP contribution in [0.3, 0.4) is 0 Å². The van der Waals surface area contributed by atoms with Gasteiger partial charge in [-0.2, -0.15) is 0 Å². The fourth-order valence-corrected chi connectivity index (χ4v) is 5.13. The van der Waals surface area contributed by atoms with Crippen molar-refractivity contribution in [3.8, 4) is 0 Å². The van der Waals surface area contributed by atoms with E-state index in [1.807, 2.05) is 0 Å². The van der Waals surface area contributed by atoms with Gasteiger partial charge in [-0.1, -0.05) is 13.0 Å². The summed E-state index contributed by atoms with van der Waals surface area (Å²) >= 11 is 0. The second kappa shape index (κ2) is 5.38. The van der Waals surface area contributed by atoms with Crippen molar-refractivity contribution in [3.63, 3.8) is 0 Å². The molecule has 2 bridgehead atoms. The van der Waals surface area contributed by atoms with E-state index in [9.17, 15) is 0 Å². The van der Waals surface area contributed by atoms with Crippen molar-refractivity contribution in [2.24, 2.45) is 11.3 Å². The van der Waals surface area contributed by atoms with Gasteiger partial charge in [0.2, 0.25) is 0 Å². The first-order chi connectivity index (χ1) is 9.94. The molecule has 0 aromatic rings. The maximum Gasteiger partial charge on any atom is 0.0955 e. The monoisotopic (exact) mass is 292 g/mol. The summed E-state index contributed by atoms with van der Waals surface area (Å²) in [6.45, 7) is 10.9. The lowest BCUT2D eigenvalue weighted by molar-refractivity contribution is -0.132. The van der Waals surface area contributed by atoms with E-state index < -0.39 is 0 Å². The topological polar surface area (TPSA) is 18.5 Å². The molecule has 3 atom stereocenters. The van der Waals surface area contributed by atoms with Crippen molar-refractivity contribution in [1.29, 1.82) is 0 Å². The fourth-order valence-electron chi connectivity index (χ4n) is 5.13. The lowest BCUT2D eigenvalue weighted by Gasteiger charge is -2.52. The zero-order valence-electron chi connectivity index (χ0n) is 14.3. The van der Waals surface area contributed by atoms with Gasteiger partial charge in [0.15, 0.2) is 0 Å². The van der Waals surface area contributed by atoms with Crippen LogP contribution in [0.4, 0.5) is 0 Å². The number of fused-ring (bicyclic) bond motifs is 1. The molecule has 21 heavy (non-hydrogen) atoms. The molecular formula is C19H32O2. The fraction of sp³-hybridized carbons (Fsp3) is 0.895. The Morgan fingerprint density at radius 1 is 1.29 bits per heavy atom. The van der Waals surface area contributed by atoms with Crippen LogP contribution in [0.2, 0.25) is 0 Å². The Kier molecular flexibility index (Phi) is 3.99. The van der Waals surface area contributed by atoms with Crippen molar-refractivity contribution >= 4 is 0 Å². The van der Waals surface area contributed by atoms with Crippen molar-refractivity contribution < 1.29 is 9.47 Å². The molecule has 120 valence electrons. The summed E-state index contributed by atoms with van der Waals surface area (Å²) in [5, 5.41) is 0. The third-order valence-corrected chi connectivity index (χ3v) is 6.52. The van der Waals surface area contributed by atoms with Gasteiger partial charge in [0.1, 0.15) is 0 Å². The van der Waals surface area contributed by atoms with E-state index in [2.05, 4.69) is 33.8 Å². The third kappa shape index (κ3) is 2.39. The van der Waals surface area contributed by atoms with E-state index in [0.29, 0.717) is 5.41 Å². The molecule has 2 aliphatic carbocycles. The summed E-state index contributed by atoms with van der Waals surface area (Å²) in [4.78, 5) is 0. The summed E-state index contributed by atoms with van der Waals surface area (Å²) in [7, 11) is 0. The summed E-state index contributed by atoms with van der Waals surface area (Å²) < 4.78 is 12.4. The molecule has 0 N–H and O–H groups in total. The molecule has 0 aromatic heterocycles. The Hall–Kier alpha value is -0.340. The van der Waals surface area contributed by atoms with E-state index in [1.165, 1.54) is 32.1 Å². The summed E-state index contributed by atoms with van der Waals surface area (Å²) in [6, 6.07) is 0. The minimum atomic E-state index is 0.0316. The van der Waals surface area contributed by atoms with E-state index in [4.69, 9.17) is 9.47 Å². The van der Waals surface area contributed by atoms with Crippen molar-refractivity contribution in [1.82, 2.24) is 0 Å². The van der Waals surface area contributed by atoms with E-state index in [1.54, 1.807) is 5.57 Å². The Morgan fingerprint density at radius 3 is 2.86 bits per heavy atom. The zero-order chi connectivity index (χ0) is 15.1. The van der Waals surface area contributed by atoms with Gasteiger partial charge in [-0.25, -0.2) is 0 Å². The molecule has 3 aliphatic rings. The molecule has 0 aromatic carbocycles. The smallest absolute Gasteiger partial charge is 0.0955 e. The maximum atomic E-state index is 6.83. The average molecular weight is 292 g/mol. The molecule has 2 heteroatoms. The lowest BCUT2D eigenvalue weighted by atomic mass is 9.55. The van der Waals surface area contributed by atoms with Crippen LogP contribution in [0.25, 0.3) is 0 Å². The van der Waals surface area contributed by atoms with Gasteiger partial charge in [0.25, 0.3) is 0 Å². The Labute approximate surface area is 130 Å². The van der Waals surface area contributed by atoms with Crippen LogP contribution in [0, 0.1) is 11.3 Å². The lowest BCUT2D eigenvalue weighted by Crippen LogP contribution is -2.51. The highest BCUT2D eigenvalue weighted by atomic mass is 16.5. The van der Waals surface area contributed by atoms with Gasteiger partial charge in [-0.15, -0.1) is 0 Å². The Bertz CT molecular complexity index is 425. The Balaban J connectivity index is 1.82. The predicted molar refractivity (Wildman–Crippen MR) is 86.4 cm³/mol. The largest absolute Gasteiger partial charge is 0.382 e. The summed E-state index contributed by atoms with van der Waals surface area (Å²) in [6.07, 6.45) is 11.2. The third-order valence-electron chi connectivity index (χ3n) is 6.52. The molecular weight excluding hydrogens is 260 g/mol. The molecule has 1 spiro atoms. The van der Waals surface area contributed by atoms with Crippen molar-refractivity contribution in [3.05, 3.63) is 11.6 Å². The van der Waals surface area contributed by atoms with Crippen LogP contribution < -0.4 is 0 Å². The van der Waals surface area contributed by atoms with Crippen LogP contribution in [0.1, 0.15) is 72.6 Å². The first-order valence-corrected chi connectivity index (χ1v) is 8.91. The minimum absolute atomic E-state index is 0.0316. The normalized spacial score (nSPS) is 40.8. The quantitative estimate of drug-likeness (QED) is 0.531. The van der Waals surface area contributed by atoms with Gasteiger partial charge in [0, 0.05) is 18.6 Å². The number of rotatable bonds is 5. The number of allylic oxidation sites excluding steroid dienone is 1. The number of hydrogen-bond donors (Lipinski definition) is 0. The predicted octanol–water partition coefficient (Wildman–Crippen LogP) is 4.88. The van der Waals surface area contributed by atoms with Crippen LogP contribution in [0.15, 0.2) is 11.6 Å². The molecule has 2 nitrogen and oxygen atoms in total. The van der Waals surface area contributed by atoms with Crippen LogP contribution >= 0.6 is 0 Å². The van der Waals surface area contributed by atoms with Gasteiger partial charge >= 0.3 is 0 Å². The first kappa shape index (κ1) is 15.6. The maximum absolute atomic E-state index is 6.83. The highest BCUT2D eigenvalue weighted by molar-refractivity contribution is 5.31. The molecule has 1 saturated carbocycles. The molecule has 1 saturated heterocycles. The molecule has 2 fully saturated rings. The van der Waals surface area contributed by atoms with E-state index in [-0.39, 0.29) is 11.2 Å². The van der Waals surface area contributed by atoms with Gasteiger partial charge in [-0.05, 0) is 77.2 Å². The molecule has 1 aliphatic heterocycles. The van der Waals surface area contributed by atoms with Gasteiger partial charge < -0.3 is 9.47 Å². The molecule has 3 rings (SSSR count). The highest BCUT2D eigenvalue weighted by Crippen LogP contribution is 2.64. The number of hydrogen-bond acceptors (Lipinski definition) is 2. The van der Waals surface area contributed by atoms with Crippen LogP contribution in [0.5, 0.6) is 0 Å². The molecule has 0 unspecified atom stereocenters. The second-order valence-corrected chi connectivity index (χ2v) is 8.10. The van der Waals surface area contributed by atoms with Crippen LogP contribution in [-0.4, -0.2) is 24.4 Å².